The maximum Gasteiger partial charge on any atom is 0.274 e. The third kappa shape index (κ3) is 13.6. The number of methoxy groups -OCH3 is 1. The third-order valence-electron chi connectivity index (χ3n) is 12.7. The molecule has 5 amide bonds. The molecule has 0 saturated carbocycles. The van der Waals surface area contributed by atoms with E-state index in [4.69, 9.17) is 23.7 Å². The molecule has 0 bridgehead atoms. The van der Waals surface area contributed by atoms with E-state index in [0.717, 1.165) is 10.5 Å². The number of hydrogen-bond acceptors (Lipinski definition) is 18. The number of aromatic nitrogens is 3. The van der Waals surface area contributed by atoms with Gasteiger partial charge in [0.15, 0.2) is 5.82 Å². The van der Waals surface area contributed by atoms with Crippen molar-refractivity contribution in [2.45, 2.75) is 25.1 Å². The molecule has 0 radical (unpaired) electrons. The Hall–Kier alpha value is -7.98. The molecular weight excluding hydrogens is 986 g/mol. The maximum absolute atomic E-state index is 14.9. The highest BCUT2D eigenvalue weighted by Crippen LogP contribution is 2.35. The van der Waals surface area contributed by atoms with Crippen molar-refractivity contribution in [1.82, 2.24) is 35.4 Å². The lowest BCUT2D eigenvalue weighted by Gasteiger charge is -2.36. The van der Waals surface area contributed by atoms with E-state index < -0.39 is 35.8 Å². The first-order chi connectivity index (χ1) is 37.0. The van der Waals surface area contributed by atoms with Crippen LogP contribution in [0.5, 0.6) is 5.75 Å². The number of nitrogens with zero attached hydrogens (tertiary/aromatic N) is 7. The number of piperazine rings is 1. The maximum atomic E-state index is 14.9. The van der Waals surface area contributed by atoms with E-state index in [1.807, 2.05) is 11.0 Å². The average Bonchev–Trinajstić information content (AvgIpc) is 3.72. The number of hydrogen-bond donors (Lipinski definition) is 5. The van der Waals surface area contributed by atoms with E-state index in [1.54, 1.807) is 54.9 Å². The van der Waals surface area contributed by atoms with E-state index in [0.29, 0.717) is 120 Å². The Kier molecular flexibility index (Phi) is 18.9. The fourth-order valence-corrected chi connectivity index (χ4v) is 8.88. The highest BCUT2D eigenvalue weighted by atomic mass is 19.1. The molecule has 3 aromatic carbocycles. The van der Waals surface area contributed by atoms with E-state index in [9.17, 15) is 38.7 Å². The minimum absolute atomic E-state index is 0.00741. The molecule has 3 aliphatic rings. The van der Waals surface area contributed by atoms with Crippen molar-refractivity contribution >= 4 is 46.6 Å². The van der Waals surface area contributed by atoms with Crippen LogP contribution in [0.3, 0.4) is 0 Å². The summed E-state index contributed by atoms with van der Waals surface area (Å²) in [5.41, 5.74) is 4.14. The number of halogens is 1. The van der Waals surface area contributed by atoms with Crippen LogP contribution in [0.25, 0.3) is 22.5 Å². The first kappa shape index (κ1) is 54.3. The smallest absolute Gasteiger partial charge is 0.274 e. The van der Waals surface area contributed by atoms with Crippen molar-refractivity contribution in [3.05, 3.63) is 114 Å². The lowest BCUT2D eigenvalue weighted by atomic mass is 10.0. The van der Waals surface area contributed by atoms with Crippen molar-refractivity contribution in [1.29, 1.82) is 5.26 Å². The number of piperidine rings is 1. The summed E-state index contributed by atoms with van der Waals surface area (Å²) in [5, 5.41) is 31.5. The summed E-state index contributed by atoms with van der Waals surface area (Å²) in [6.45, 7) is 5.96. The lowest BCUT2D eigenvalue weighted by molar-refractivity contribution is -0.129. The van der Waals surface area contributed by atoms with Crippen LogP contribution in [-0.2, 0) is 28.5 Å². The molecule has 2 aromatic heterocycles. The second-order valence-corrected chi connectivity index (χ2v) is 17.7. The van der Waals surface area contributed by atoms with Gasteiger partial charge in [0, 0.05) is 75.5 Å². The number of ether oxygens (including phenoxy) is 5. The summed E-state index contributed by atoms with van der Waals surface area (Å²) < 4.78 is 42.6. The Morgan fingerprint density at radius 2 is 1.57 bits per heavy atom. The summed E-state index contributed by atoms with van der Waals surface area (Å²) >= 11 is 0. The van der Waals surface area contributed by atoms with Gasteiger partial charge in [-0.15, -0.1) is 0 Å². The van der Waals surface area contributed by atoms with Gasteiger partial charge in [0.25, 0.3) is 17.7 Å². The largest absolute Gasteiger partial charge is 0.496 e. The molecule has 0 aliphatic carbocycles. The van der Waals surface area contributed by atoms with Gasteiger partial charge in [0.05, 0.1) is 112 Å². The minimum atomic E-state index is -1.31. The van der Waals surface area contributed by atoms with Crippen LogP contribution in [0.2, 0.25) is 0 Å². The molecule has 2 unspecified atom stereocenters. The first-order valence-electron chi connectivity index (χ1n) is 24.8. The number of nitriles is 1. The zero-order valence-corrected chi connectivity index (χ0v) is 41.8. The molecule has 23 heteroatoms. The number of aliphatic hydroxyl groups is 1. The monoisotopic (exact) mass is 1040 g/mol. The van der Waals surface area contributed by atoms with E-state index in [1.165, 1.54) is 31.5 Å². The second-order valence-electron chi connectivity index (χ2n) is 17.7. The Morgan fingerprint density at radius 1 is 0.842 bits per heavy atom. The number of imide groups is 1. The van der Waals surface area contributed by atoms with Crippen LogP contribution < -0.4 is 30.9 Å². The second kappa shape index (κ2) is 26.5. The number of pyridine rings is 1. The highest BCUT2D eigenvalue weighted by Gasteiger charge is 2.44. The summed E-state index contributed by atoms with van der Waals surface area (Å²) in [7, 11) is 1.41. The molecule has 76 heavy (non-hydrogen) atoms. The average molecular weight is 1040 g/mol. The van der Waals surface area contributed by atoms with Crippen molar-refractivity contribution in [3.8, 4) is 34.3 Å². The van der Waals surface area contributed by atoms with Crippen LogP contribution in [-0.4, -0.2) is 177 Å². The lowest BCUT2D eigenvalue weighted by Crippen LogP contribution is -2.57. The van der Waals surface area contributed by atoms with Gasteiger partial charge in [0.2, 0.25) is 11.8 Å². The molecule has 5 N–H and O–H groups in total. The van der Waals surface area contributed by atoms with Crippen molar-refractivity contribution in [3.63, 3.8) is 0 Å². The normalized spacial score (nSPS) is 16.5. The molecule has 22 nitrogen and oxygen atoms in total. The molecule has 2 saturated heterocycles. The molecule has 0 spiro atoms. The van der Waals surface area contributed by atoms with Crippen LogP contribution in [0.15, 0.2) is 85.3 Å². The van der Waals surface area contributed by atoms with Gasteiger partial charge in [-0.2, -0.15) is 5.26 Å². The van der Waals surface area contributed by atoms with Crippen molar-refractivity contribution in [2.75, 3.05) is 121 Å². The number of carbonyl (C=O) groups is 5. The fourth-order valence-electron chi connectivity index (χ4n) is 8.88. The standard InChI is InChI=1S/C53H58FN11O11/c1-72-45-4-2-3-40(54)48(45)49-59-14-12-42(60-49)50(68)61-41-8-5-34(39-32-56-13-11-35(39)31-55)29-44(41)64-19-17-63(18-20-64)33-47(67)58-16-22-74-24-26-76-28-27-75-25-23-73-21-15-57-36-6-7-37-38(30-36)53(71)65(52(37)70)43-9-10-46(66)62-51(43)69/h2-8,11-14,29-30,32,43,51,57,69H,9-10,15-28,33H2,1H3,(H,58,67)(H,61,68)(H,62,66). The first-order valence-corrected chi connectivity index (χ1v) is 24.8. The summed E-state index contributed by atoms with van der Waals surface area (Å²) in [4.78, 5) is 82.2. The van der Waals surface area contributed by atoms with Crippen LogP contribution in [0, 0.1) is 17.1 Å². The van der Waals surface area contributed by atoms with Crippen LogP contribution in [0.1, 0.15) is 49.6 Å². The fraction of sp³-hybridized carbons (Fsp3) is 0.377. The van der Waals surface area contributed by atoms with Gasteiger partial charge in [-0.25, -0.2) is 14.4 Å². The van der Waals surface area contributed by atoms with Gasteiger partial charge < -0.3 is 55.0 Å². The summed E-state index contributed by atoms with van der Waals surface area (Å²) in [6, 6.07) is 19.1. The Labute approximate surface area is 437 Å². The number of anilines is 3. The summed E-state index contributed by atoms with van der Waals surface area (Å²) in [6.07, 6.45) is 3.54. The van der Waals surface area contributed by atoms with Crippen LogP contribution >= 0.6 is 0 Å². The van der Waals surface area contributed by atoms with Gasteiger partial charge in [-0.05, 0) is 66.6 Å². The van der Waals surface area contributed by atoms with Gasteiger partial charge >= 0.3 is 0 Å². The number of nitrogens with one attached hydrogen (secondary N) is 4. The number of amides is 5. The van der Waals surface area contributed by atoms with Crippen molar-refractivity contribution < 1.29 is 57.2 Å². The third-order valence-corrected chi connectivity index (χ3v) is 12.7. The van der Waals surface area contributed by atoms with E-state index in [-0.39, 0.29) is 65.2 Å². The molecule has 3 aliphatic heterocycles. The van der Waals surface area contributed by atoms with Crippen LogP contribution in [0.4, 0.5) is 21.5 Å². The van der Waals surface area contributed by atoms with E-state index >= 15 is 0 Å². The highest BCUT2D eigenvalue weighted by molar-refractivity contribution is 6.22. The molecule has 398 valence electrons. The Bertz CT molecular complexity index is 2930. The van der Waals surface area contributed by atoms with E-state index in [2.05, 4.69) is 47.2 Å². The molecular formula is C53H58FN11O11. The zero-order chi connectivity index (χ0) is 53.4. The van der Waals surface area contributed by atoms with Crippen molar-refractivity contribution in [2.24, 2.45) is 0 Å². The molecule has 8 rings (SSSR count). The van der Waals surface area contributed by atoms with Gasteiger partial charge in [-0.1, -0.05) is 12.1 Å². The minimum Gasteiger partial charge on any atom is -0.496 e. The number of fused-ring (bicyclic) bond motifs is 1. The number of rotatable bonds is 25. The quantitative estimate of drug-likeness (QED) is 0.0415. The van der Waals surface area contributed by atoms with Gasteiger partial charge in [-0.3, -0.25) is 38.8 Å². The Morgan fingerprint density at radius 3 is 2.29 bits per heavy atom. The molecule has 5 heterocycles. The predicted octanol–water partition coefficient (Wildman–Crippen LogP) is 3.09. The molecule has 2 atom stereocenters. The zero-order valence-electron chi connectivity index (χ0n) is 41.8. The number of aliphatic hydroxyl groups excluding tert-OH is 1. The topological polar surface area (TPSA) is 272 Å². The molecule has 2 fully saturated rings. The SMILES string of the molecule is COc1cccc(F)c1-c1nccc(C(=O)Nc2ccc(-c3cnccc3C#N)cc2N2CCN(CC(=O)NCCOCCOCCOCCOCCNc3ccc4c(c3)C(=O)N(C3CCC(=O)NC3O)C4=O)CC2)n1. The van der Waals surface area contributed by atoms with Gasteiger partial charge in [0.1, 0.15) is 23.5 Å². The Balaban J connectivity index is 0.688. The summed E-state index contributed by atoms with van der Waals surface area (Å²) in [5.74, 6) is -2.41. The molecule has 5 aromatic rings. The number of benzene rings is 3. The number of carbonyl (C=O) groups excluding carboxylic acids is 5. The predicted molar refractivity (Wildman–Crippen MR) is 274 cm³/mol.